The Bertz CT molecular complexity index is 948. The van der Waals surface area contributed by atoms with Gasteiger partial charge in [0.1, 0.15) is 11.2 Å². The summed E-state index contributed by atoms with van der Waals surface area (Å²) in [7, 11) is 0. The van der Waals surface area contributed by atoms with Crippen LogP contribution in [0.1, 0.15) is 56.3 Å². The molecule has 2 rings (SSSR count). The van der Waals surface area contributed by atoms with Gasteiger partial charge < -0.3 is 15.8 Å². The predicted molar refractivity (Wildman–Crippen MR) is 101 cm³/mol. The van der Waals surface area contributed by atoms with Crippen LogP contribution in [-0.4, -0.2) is 39.1 Å². The van der Waals surface area contributed by atoms with Crippen LogP contribution in [0.5, 0.6) is 0 Å². The lowest BCUT2D eigenvalue weighted by atomic mass is 10.1. The molecule has 150 valence electrons. The first-order valence-corrected chi connectivity index (χ1v) is 9.16. The quantitative estimate of drug-likeness (QED) is 0.383. The highest BCUT2D eigenvalue weighted by molar-refractivity contribution is 7.18. The number of esters is 1. The van der Waals surface area contributed by atoms with Crippen molar-refractivity contribution in [2.24, 2.45) is 5.73 Å². The van der Waals surface area contributed by atoms with Gasteiger partial charge in [0.05, 0.1) is 22.0 Å². The second-order valence-electron chi connectivity index (χ2n) is 5.67. The summed E-state index contributed by atoms with van der Waals surface area (Å²) in [5, 5.41) is 17.5. The van der Waals surface area contributed by atoms with Gasteiger partial charge in [0.15, 0.2) is 0 Å². The molecule has 0 saturated heterocycles. The number of ether oxygens (including phenoxy) is 1. The zero-order valence-corrected chi connectivity index (χ0v) is 16.3. The minimum Gasteiger partial charge on any atom is -0.462 e. The van der Waals surface area contributed by atoms with E-state index in [0.29, 0.717) is 6.42 Å². The van der Waals surface area contributed by atoms with Gasteiger partial charge >= 0.3 is 11.7 Å². The molecule has 0 spiro atoms. The van der Waals surface area contributed by atoms with Crippen LogP contribution in [0.4, 0.5) is 10.7 Å². The largest absolute Gasteiger partial charge is 0.462 e. The summed E-state index contributed by atoms with van der Waals surface area (Å²) in [6.45, 7) is 5.37. The maximum Gasteiger partial charge on any atom is 0.341 e. The number of amides is 2. The number of nitro groups is 1. The van der Waals surface area contributed by atoms with Gasteiger partial charge in [-0.1, -0.05) is 6.92 Å². The molecule has 0 fully saturated rings. The molecule has 3 N–H and O–H groups in total. The van der Waals surface area contributed by atoms with Gasteiger partial charge in [-0.2, -0.15) is 5.10 Å². The van der Waals surface area contributed by atoms with E-state index in [1.165, 1.54) is 6.92 Å². The average molecular weight is 409 g/mol. The van der Waals surface area contributed by atoms with Gasteiger partial charge in [0, 0.05) is 6.54 Å². The van der Waals surface area contributed by atoms with Crippen LogP contribution in [0.2, 0.25) is 0 Å². The first-order valence-electron chi connectivity index (χ1n) is 8.34. The number of nitrogens with one attached hydrogen (secondary N) is 1. The van der Waals surface area contributed by atoms with E-state index in [0.717, 1.165) is 22.2 Å². The fourth-order valence-corrected chi connectivity index (χ4v) is 3.54. The Kier molecular flexibility index (Phi) is 6.46. The first kappa shape index (κ1) is 21.0. The van der Waals surface area contributed by atoms with Crippen molar-refractivity contribution in [3.05, 3.63) is 38.0 Å². The number of anilines is 1. The molecule has 2 heterocycles. The van der Waals surface area contributed by atoms with Crippen molar-refractivity contribution >= 4 is 39.8 Å². The SMILES string of the molecule is CCCOC(=O)c1c(NC(=O)c2c([N+](=O)[O-])cnn2CC)sc(C(N)=O)c1C. The maximum absolute atomic E-state index is 12.7. The Morgan fingerprint density at radius 3 is 2.61 bits per heavy atom. The molecule has 28 heavy (non-hydrogen) atoms. The van der Waals surface area contributed by atoms with Crippen LogP contribution >= 0.6 is 11.3 Å². The number of rotatable bonds is 8. The van der Waals surface area contributed by atoms with Crippen molar-refractivity contribution in [3.63, 3.8) is 0 Å². The number of hydrogen-bond donors (Lipinski definition) is 2. The molecular formula is C16H19N5O6S. The summed E-state index contributed by atoms with van der Waals surface area (Å²) in [6.07, 6.45) is 1.56. The van der Waals surface area contributed by atoms with Crippen molar-refractivity contribution in [2.75, 3.05) is 11.9 Å². The highest BCUT2D eigenvalue weighted by Crippen LogP contribution is 2.34. The van der Waals surface area contributed by atoms with E-state index in [-0.39, 0.29) is 39.9 Å². The smallest absolute Gasteiger partial charge is 0.341 e. The minimum absolute atomic E-state index is 0.00850. The van der Waals surface area contributed by atoms with Crippen LogP contribution in [-0.2, 0) is 11.3 Å². The molecule has 11 nitrogen and oxygen atoms in total. The van der Waals surface area contributed by atoms with Crippen molar-refractivity contribution in [1.29, 1.82) is 0 Å². The third kappa shape index (κ3) is 4.01. The second-order valence-corrected chi connectivity index (χ2v) is 6.69. The van der Waals surface area contributed by atoms with Gasteiger partial charge in [-0.25, -0.2) is 4.79 Å². The third-order valence-electron chi connectivity index (χ3n) is 3.77. The van der Waals surface area contributed by atoms with Crippen LogP contribution in [0.15, 0.2) is 6.20 Å². The summed E-state index contributed by atoms with van der Waals surface area (Å²) < 4.78 is 6.27. The topological polar surface area (TPSA) is 159 Å². The number of carbonyl (C=O) groups excluding carboxylic acids is 3. The molecule has 0 bridgehead atoms. The van der Waals surface area contributed by atoms with E-state index < -0.39 is 28.4 Å². The van der Waals surface area contributed by atoms with Crippen molar-refractivity contribution in [3.8, 4) is 0 Å². The first-order chi connectivity index (χ1) is 13.2. The Labute approximate surface area is 163 Å². The Morgan fingerprint density at radius 2 is 2.07 bits per heavy atom. The monoisotopic (exact) mass is 409 g/mol. The summed E-state index contributed by atoms with van der Waals surface area (Å²) in [4.78, 5) is 47.3. The zero-order chi connectivity index (χ0) is 21.0. The molecule has 0 aliphatic heterocycles. The number of carbonyl (C=O) groups is 3. The normalized spacial score (nSPS) is 10.5. The van der Waals surface area contributed by atoms with Gasteiger partial charge in [-0.05, 0) is 25.8 Å². The summed E-state index contributed by atoms with van der Waals surface area (Å²) >= 11 is 0.802. The number of aryl methyl sites for hydroxylation is 1. The van der Waals surface area contributed by atoms with Gasteiger partial charge in [0.25, 0.3) is 11.8 Å². The molecule has 0 unspecified atom stereocenters. The van der Waals surface area contributed by atoms with E-state index in [4.69, 9.17) is 10.5 Å². The molecule has 2 amide bonds. The second kappa shape index (κ2) is 8.61. The van der Waals surface area contributed by atoms with Crippen LogP contribution < -0.4 is 11.1 Å². The number of nitrogens with two attached hydrogens (primary N) is 1. The molecule has 0 saturated carbocycles. The van der Waals surface area contributed by atoms with E-state index in [9.17, 15) is 24.5 Å². The summed E-state index contributed by atoms with van der Waals surface area (Å²) in [5.74, 6) is -2.33. The van der Waals surface area contributed by atoms with Crippen LogP contribution in [0.25, 0.3) is 0 Å². The van der Waals surface area contributed by atoms with Crippen molar-refractivity contribution in [2.45, 2.75) is 33.7 Å². The maximum atomic E-state index is 12.7. The van der Waals surface area contributed by atoms with Crippen molar-refractivity contribution < 1.29 is 24.0 Å². The highest BCUT2D eigenvalue weighted by atomic mass is 32.1. The fraction of sp³-hybridized carbons (Fsp3) is 0.375. The standard InChI is InChI=1S/C16H19N5O6S/c1-4-6-27-16(24)10-8(3)12(13(17)22)28-15(10)19-14(23)11-9(21(25)26)7-18-20(11)5-2/h7H,4-6H2,1-3H3,(H2,17,22)(H,19,23). The lowest BCUT2D eigenvalue weighted by molar-refractivity contribution is -0.385. The number of nitrogens with zero attached hydrogens (tertiary/aromatic N) is 3. The predicted octanol–water partition coefficient (Wildman–Crippen LogP) is 2.10. The summed E-state index contributed by atoms with van der Waals surface area (Å²) in [5.41, 5.74) is 4.85. The Hall–Kier alpha value is -3.28. The third-order valence-corrected chi connectivity index (χ3v) is 4.99. The van der Waals surface area contributed by atoms with Crippen LogP contribution in [0, 0.1) is 17.0 Å². The molecule has 0 aliphatic carbocycles. The number of hydrogen-bond acceptors (Lipinski definition) is 8. The van der Waals surface area contributed by atoms with E-state index >= 15 is 0 Å². The lowest BCUT2D eigenvalue weighted by Gasteiger charge is -2.08. The molecular weight excluding hydrogens is 390 g/mol. The van der Waals surface area contributed by atoms with E-state index in [1.54, 1.807) is 6.92 Å². The number of thiophene rings is 1. The van der Waals surface area contributed by atoms with E-state index in [2.05, 4.69) is 10.4 Å². The number of aromatic nitrogens is 2. The average Bonchev–Trinajstić information content (AvgIpc) is 3.21. The Morgan fingerprint density at radius 1 is 1.39 bits per heavy atom. The van der Waals surface area contributed by atoms with Gasteiger partial charge in [-0.3, -0.25) is 24.4 Å². The molecule has 0 atom stereocenters. The fourth-order valence-electron chi connectivity index (χ4n) is 2.49. The number of primary amides is 1. The highest BCUT2D eigenvalue weighted by Gasteiger charge is 2.30. The molecule has 0 aliphatic rings. The van der Waals surface area contributed by atoms with E-state index in [1.807, 2.05) is 6.92 Å². The lowest BCUT2D eigenvalue weighted by Crippen LogP contribution is -2.20. The summed E-state index contributed by atoms with van der Waals surface area (Å²) in [6, 6.07) is 0. The van der Waals surface area contributed by atoms with Crippen molar-refractivity contribution in [1.82, 2.24) is 9.78 Å². The Balaban J connectivity index is 2.48. The molecule has 0 radical (unpaired) electrons. The molecule has 0 aromatic carbocycles. The van der Waals surface area contributed by atoms with Crippen LogP contribution in [0.3, 0.4) is 0 Å². The zero-order valence-electron chi connectivity index (χ0n) is 15.5. The molecule has 12 heteroatoms. The molecule has 2 aromatic heterocycles. The van der Waals surface area contributed by atoms with Gasteiger partial charge in [-0.15, -0.1) is 11.3 Å². The minimum atomic E-state index is -0.840. The molecule has 2 aromatic rings. The van der Waals surface area contributed by atoms with Gasteiger partial charge in [0.2, 0.25) is 5.69 Å².